The van der Waals surface area contributed by atoms with Crippen LogP contribution in [0.5, 0.6) is 0 Å². The van der Waals surface area contributed by atoms with Crippen molar-refractivity contribution >= 4 is 229 Å². The van der Waals surface area contributed by atoms with Gasteiger partial charge in [0.2, 0.25) is 22.5 Å². The van der Waals surface area contributed by atoms with Gasteiger partial charge in [0.05, 0.1) is 92.4 Å². The van der Waals surface area contributed by atoms with Gasteiger partial charge in [0.15, 0.2) is 5.15 Å². The Bertz CT molecular complexity index is 5560. The molecule has 116 heavy (non-hydrogen) atoms. The lowest BCUT2D eigenvalue weighted by molar-refractivity contribution is -0.192. The lowest BCUT2D eigenvalue weighted by Crippen LogP contribution is -2.49. The Balaban J connectivity index is 0.000000146. The summed E-state index contributed by atoms with van der Waals surface area (Å²) in [6, 6.07) is 7.41. The number of fused-ring (bicyclic) bond motifs is 4. The molecule has 0 unspecified atom stereocenters. The molecule has 4 aliphatic heterocycles. The highest BCUT2D eigenvalue weighted by molar-refractivity contribution is 9.11. The molecule has 0 saturated carbocycles. The summed E-state index contributed by atoms with van der Waals surface area (Å²) in [6.07, 6.45) is 1.73. The van der Waals surface area contributed by atoms with Crippen LogP contribution in [0.1, 0.15) is 76.3 Å². The number of aryl methyl sites for hydroxylation is 4. The number of halogens is 9. The molecule has 12 aromatic rings. The first kappa shape index (κ1) is 89.1. The molecule has 9 N–H and O–H groups in total. The molecule has 4 fully saturated rings. The molecule has 4 aliphatic rings. The molecule has 4 saturated heterocycles. The number of aliphatic carboxylic acids is 1. The molecule has 28 nitrogen and oxygen atoms in total. The van der Waals surface area contributed by atoms with Crippen LogP contribution in [0.2, 0.25) is 15.7 Å². The van der Waals surface area contributed by atoms with E-state index in [-0.39, 0.29) is 35.0 Å². The molecule has 0 aliphatic carbocycles. The van der Waals surface area contributed by atoms with Crippen molar-refractivity contribution in [3.8, 4) is 33.8 Å². The van der Waals surface area contributed by atoms with E-state index >= 15 is 0 Å². The van der Waals surface area contributed by atoms with Gasteiger partial charge in [-0.1, -0.05) is 11.6 Å². The third-order valence-corrected chi connectivity index (χ3v) is 26.0. The SMILES string of the molecule is Cc1cc(N)ncc1-c1nc(Cl)nc2c(Br)csc12.Cc1cc(N)ncc1-c1nc(N2CCOCC2)nc2c(Br)csc12.Cc1cc(N)ncc1-c1nc(N2CCOCC2)nc2c(CN3CCN(C(=O)OC(C)(C)C)CC3)csc12.Cc1cc(N)ncc1B1OC(C)(C)C(C)(C)O1.Clc1nc(Cl)c2scc(Br)c2n1.O=C(O)C(F)(F)F. The molecular formula is C74H80BBr3Cl3F3N20O8S4. The van der Waals surface area contributed by atoms with Crippen molar-refractivity contribution in [3.63, 3.8) is 0 Å². The highest BCUT2D eigenvalue weighted by atomic mass is 79.9. The summed E-state index contributed by atoms with van der Waals surface area (Å²) in [4.78, 5) is 82.8. The van der Waals surface area contributed by atoms with Gasteiger partial charge in [-0.2, -0.15) is 13.2 Å². The Hall–Kier alpha value is -7.74. The maximum Gasteiger partial charge on any atom is 0.496 e. The van der Waals surface area contributed by atoms with E-state index < -0.39 is 17.7 Å². The van der Waals surface area contributed by atoms with Crippen LogP contribution in [0.3, 0.4) is 0 Å². The van der Waals surface area contributed by atoms with E-state index in [1.54, 1.807) is 57.5 Å². The number of amides is 1. The molecule has 0 spiro atoms. The van der Waals surface area contributed by atoms with Crippen LogP contribution in [0.4, 0.5) is 53.1 Å². The number of carboxylic acids is 1. The standard InChI is InChI=1S/C26H35N7O3S.C16H16BrN5OS.C12H19BN2O2.C12H8BrClN4S.C6HBrCl2N2S.C2HF3O2/c1-17-13-20(27)28-14-19(17)22-23-21(29-24(30-22)32-9-11-35-12-10-32)18(16-37-23)15-31-5-7-33(8-6-31)25(34)36-26(2,3)4;1-9-6-12(18)19-7-10(9)13-15-14(11(17)8-24-15)21-16(20-13)22-2-4-23-5-3-22;1-8-6-10(14)15-7-9(8)13-16-11(2,3)12(4,5)17-13;1-5-2-8(15)16-3-6(5)9-11-10(7(13)4-19-11)18-12(14)17-9;7-2-1-12-4-3(2)10-6(9)11-5(4)8;3-2(4,5)1(6)7/h13-14,16H,5-12,15H2,1-4H3,(H2,27,28);6-8H,2-5H2,1H3,(H2,18,19);6-7H,1-5H3,(H2,14,15);2-4H,1H3,(H2,15,16);1H;(H,6,7). The zero-order chi connectivity index (χ0) is 84.0. The first-order valence-corrected chi connectivity index (χ1v) is 42.8. The zero-order valence-corrected chi connectivity index (χ0v) is 74.8. The summed E-state index contributed by atoms with van der Waals surface area (Å²) in [5.41, 5.74) is 37.1. The highest BCUT2D eigenvalue weighted by Crippen LogP contribution is 2.43. The van der Waals surface area contributed by atoms with E-state index in [2.05, 4.69) is 108 Å². The number of anilines is 6. The van der Waals surface area contributed by atoms with Crippen molar-refractivity contribution in [3.05, 3.63) is 128 Å². The van der Waals surface area contributed by atoms with E-state index in [9.17, 15) is 18.0 Å². The van der Waals surface area contributed by atoms with Crippen molar-refractivity contribution in [2.45, 2.75) is 106 Å². The molecular weight excluding hydrogens is 1840 g/mol. The van der Waals surface area contributed by atoms with E-state index in [1.165, 1.54) is 16.9 Å². The van der Waals surface area contributed by atoms with Crippen LogP contribution < -0.4 is 38.2 Å². The molecule has 16 rings (SSSR count). The second-order valence-electron chi connectivity index (χ2n) is 28.7. The van der Waals surface area contributed by atoms with Crippen molar-refractivity contribution < 1.29 is 51.4 Å². The zero-order valence-electron chi connectivity index (χ0n) is 64.5. The number of morpholine rings is 2. The van der Waals surface area contributed by atoms with Gasteiger partial charge < -0.3 is 66.3 Å². The van der Waals surface area contributed by atoms with Crippen LogP contribution in [-0.4, -0.2) is 196 Å². The number of pyridine rings is 4. The molecule has 0 radical (unpaired) electrons. The van der Waals surface area contributed by atoms with Crippen molar-refractivity contribution in [1.82, 2.24) is 69.6 Å². The van der Waals surface area contributed by atoms with E-state index in [0.29, 0.717) is 67.9 Å². The van der Waals surface area contributed by atoms with Gasteiger partial charge in [0.25, 0.3) is 0 Å². The van der Waals surface area contributed by atoms with Crippen molar-refractivity contribution in [1.29, 1.82) is 0 Å². The number of rotatable bonds is 8. The number of ether oxygens (including phenoxy) is 3. The largest absolute Gasteiger partial charge is 0.496 e. The maximum atomic E-state index is 12.5. The van der Waals surface area contributed by atoms with Gasteiger partial charge in [0, 0.05) is 128 Å². The second kappa shape index (κ2) is 37.7. The third kappa shape index (κ3) is 21.8. The maximum absolute atomic E-state index is 12.5. The topological polar surface area (TPSA) is 372 Å². The molecule has 0 bridgehead atoms. The van der Waals surface area contributed by atoms with E-state index in [4.69, 9.17) is 111 Å². The number of alkyl halides is 3. The Morgan fingerprint density at radius 2 is 0.905 bits per heavy atom. The normalized spacial score (nSPS) is 15.5. The summed E-state index contributed by atoms with van der Waals surface area (Å²) in [6.45, 7) is 31.3. The minimum atomic E-state index is -5.08. The third-order valence-electron chi connectivity index (χ3n) is 18.6. The predicted molar refractivity (Wildman–Crippen MR) is 467 cm³/mol. The van der Waals surface area contributed by atoms with Crippen LogP contribution in [0.25, 0.3) is 74.6 Å². The van der Waals surface area contributed by atoms with Crippen LogP contribution in [0, 0.1) is 27.7 Å². The fraction of sp³-hybridized carbons (Fsp3) is 0.378. The highest BCUT2D eigenvalue weighted by Gasteiger charge is 2.52. The van der Waals surface area contributed by atoms with Crippen molar-refractivity contribution in [2.24, 2.45) is 0 Å². The number of nitrogens with two attached hydrogens (primary N) is 4. The number of nitrogens with zero attached hydrogens (tertiary/aromatic N) is 16. The summed E-state index contributed by atoms with van der Waals surface area (Å²) in [5, 5.41) is 16.0. The van der Waals surface area contributed by atoms with Gasteiger partial charge in [-0.15, -0.1) is 45.3 Å². The number of carbonyl (C=O) groups is 2. The quantitative estimate of drug-likeness (QED) is 0.0536. The van der Waals surface area contributed by atoms with Crippen LogP contribution in [0.15, 0.2) is 84.0 Å². The average molecular weight is 1920 g/mol. The van der Waals surface area contributed by atoms with Gasteiger partial charge in [-0.05, 0) is 199 Å². The van der Waals surface area contributed by atoms with Gasteiger partial charge >= 0.3 is 25.4 Å². The molecule has 42 heteroatoms. The number of thiophene rings is 4. The lowest BCUT2D eigenvalue weighted by atomic mass is 9.77. The first-order valence-electron chi connectivity index (χ1n) is 35.7. The molecule has 12 aromatic heterocycles. The Kier molecular flexibility index (Phi) is 28.9. The summed E-state index contributed by atoms with van der Waals surface area (Å²) < 4.78 is 66.9. The minimum absolute atomic E-state index is 0.173. The number of piperazine rings is 1. The second-order valence-corrected chi connectivity index (χ2v) is 35.8. The van der Waals surface area contributed by atoms with Crippen LogP contribution in [-0.2, 0) is 34.9 Å². The summed E-state index contributed by atoms with van der Waals surface area (Å²) in [7, 11) is -0.368. The van der Waals surface area contributed by atoms with Gasteiger partial charge in [0.1, 0.15) is 45.4 Å². The summed E-state index contributed by atoms with van der Waals surface area (Å²) in [5.74, 6) is 0.715. The number of carbonyl (C=O) groups excluding carboxylic acids is 1. The molecule has 1 amide bonds. The van der Waals surface area contributed by atoms with Crippen molar-refractivity contribution in [2.75, 3.05) is 112 Å². The number of hydrogen-bond donors (Lipinski definition) is 5. The average Bonchev–Trinajstić information content (AvgIpc) is 1.54. The Morgan fingerprint density at radius 1 is 0.534 bits per heavy atom. The van der Waals surface area contributed by atoms with E-state index in [1.807, 2.05) is 123 Å². The molecule has 0 aromatic carbocycles. The number of carboxylic acid groups (broad SMARTS) is 1. The Morgan fingerprint density at radius 3 is 1.33 bits per heavy atom. The number of aromatic nitrogens is 12. The summed E-state index contributed by atoms with van der Waals surface area (Å²) >= 11 is 34.2. The minimum Gasteiger partial charge on any atom is -0.475 e. The first-order chi connectivity index (χ1) is 54.7. The fourth-order valence-corrected chi connectivity index (χ4v) is 18.2. The van der Waals surface area contributed by atoms with Crippen LogP contribution >= 0.6 is 128 Å². The lowest BCUT2D eigenvalue weighted by Gasteiger charge is -2.35. The predicted octanol–water partition coefficient (Wildman–Crippen LogP) is 16.5. The van der Waals surface area contributed by atoms with E-state index in [0.717, 1.165) is 173 Å². The number of hydrogen-bond acceptors (Lipinski definition) is 30. The smallest absolute Gasteiger partial charge is 0.475 e. The van der Waals surface area contributed by atoms with Gasteiger partial charge in [-0.25, -0.2) is 69.4 Å². The monoisotopic (exact) mass is 1910 g/mol. The Labute approximate surface area is 722 Å². The van der Waals surface area contributed by atoms with Gasteiger partial charge in [-0.3, -0.25) is 4.90 Å². The fourth-order valence-electron chi connectivity index (χ4n) is 11.9. The molecule has 614 valence electrons. The number of nitrogen functional groups attached to an aromatic ring is 4. The molecule has 16 heterocycles. The molecule has 0 atom stereocenters.